The molecule has 0 spiro atoms. The van der Waals surface area contributed by atoms with E-state index in [2.05, 4.69) is 15.3 Å². The van der Waals surface area contributed by atoms with Crippen LogP contribution in [-0.2, 0) is 6.18 Å². The third-order valence-corrected chi connectivity index (χ3v) is 4.83. The molecule has 1 heterocycles. The Labute approximate surface area is 170 Å². The number of benzene rings is 3. The summed E-state index contributed by atoms with van der Waals surface area (Å²) in [7, 11) is 0. The minimum atomic E-state index is -4.56. The Morgan fingerprint density at radius 2 is 1.67 bits per heavy atom. The molecular formula is C23H18F3N3O. The molecular weight excluding hydrogens is 391 g/mol. The Bertz CT molecular complexity index is 1180. The number of amides is 1. The molecule has 4 rings (SSSR count). The number of nitrogens with one attached hydrogen (secondary N) is 2. The summed E-state index contributed by atoms with van der Waals surface area (Å²) in [6.45, 7) is 1.93. The summed E-state index contributed by atoms with van der Waals surface area (Å²) in [5.41, 5.74) is 3.47. The van der Waals surface area contributed by atoms with Gasteiger partial charge in [0.1, 0.15) is 0 Å². The normalized spacial score (nSPS) is 12.7. The first-order valence-corrected chi connectivity index (χ1v) is 9.30. The molecule has 4 nitrogen and oxygen atoms in total. The number of aryl methyl sites for hydroxylation is 1. The van der Waals surface area contributed by atoms with Crippen LogP contribution in [0.4, 0.5) is 13.2 Å². The number of rotatable bonds is 4. The van der Waals surface area contributed by atoms with Gasteiger partial charge in [-0.25, -0.2) is 4.98 Å². The molecule has 1 aromatic heterocycles. The van der Waals surface area contributed by atoms with Gasteiger partial charge in [0.15, 0.2) is 0 Å². The highest BCUT2D eigenvalue weighted by Crippen LogP contribution is 2.30. The number of hydrogen-bond donors (Lipinski definition) is 2. The molecule has 2 N–H and O–H groups in total. The largest absolute Gasteiger partial charge is 0.449 e. The maximum Gasteiger partial charge on any atom is 0.449 e. The Hall–Kier alpha value is -3.61. The summed E-state index contributed by atoms with van der Waals surface area (Å²) in [5, 5.41) is 2.99. The number of halogens is 3. The average molecular weight is 409 g/mol. The summed E-state index contributed by atoms with van der Waals surface area (Å²) in [6, 6.07) is 20.7. The van der Waals surface area contributed by atoms with Crippen molar-refractivity contribution < 1.29 is 18.0 Å². The third kappa shape index (κ3) is 4.05. The maximum absolute atomic E-state index is 13.0. The lowest BCUT2D eigenvalue weighted by molar-refractivity contribution is -0.144. The number of H-pyrrole nitrogens is 1. The first-order valence-electron chi connectivity index (χ1n) is 9.30. The minimum absolute atomic E-state index is 0.211. The Kier molecular flexibility index (Phi) is 5.03. The molecule has 0 aliphatic carbocycles. The van der Waals surface area contributed by atoms with Gasteiger partial charge >= 0.3 is 6.18 Å². The van der Waals surface area contributed by atoms with E-state index in [1.165, 1.54) is 6.07 Å². The molecule has 1 amide bonds. The number of carbonyl (C=O) groups excluding carboxylic acids is 1. The quantitative estimate of drug-likeness (QED) is 0.474. The van der Waals surface area contributed by atoms with E-state index in [9.17, 15) is 18.0 Å². The first kappa shape index (κ1) is 19.7. The van der Waals surface area contributed by atoms with Gasteiger partial charge in [-0.15, -0.1) is 0 Å². The summed E-state index contributed by atoms with van der Waals surface area (Å²) < 4.78 is 39.0. The molecule has 0 saturated heterocycles. The lowest BCUT2D eigenvalue weighted by Crippen LogP contribution is -2.29. The number of fused-ring (bicyclic) bond motifs is 1. The molecule has 3 aromatic carbocycles. The molecule has 1 atom stereocenters. The lowest BCUT2D eigenvalue weighted by atomic mass is 9.97. The van der Waals surface area contributed by atoms with Gasteiger partial charge in [-0.3, -0.25) is 4.79 Å². The van der Waals surface area contributed by atoms with E-state index < -0.39 is 18.0 Å². The van der Waals surface area contributed by atoms with Gasteiger partial charge in [0, 0.05) is 5.56 Å². The molecule has 30 heavy (non-hydrogen) atoms. The zero-order valence-electron chi connectivity index (χ0n) is 16.0. The van der Waals surface area contributed by atoms with E-state index in [-0.39, 0.29) is 16.9 Å². The van der Waals surface area contributed by atoms with Crippen LogP contribution in [0.25, 0.3) is 11.0 Å². The van der Waals surface area contributed by atoms with Crippen LogP contribution in [0.15, 0.2) is 72.8 Å². The van der Waals surface area contributed by atoms with Crippen molar-refractivity contribution in [2.75, 3.05) is 0 Å². The minimum Gasteiger partial charge on any atom is -0.341 e. The summed E-state index contributed by atoms with van der Waals surface area (Å²) in [5.74, 6) is -1.32. The van der Waals surface area contributed by atoms with Crippen LogP contribution in [0.3, 0.4) is 0 Å². The topological polar surface area (TPSA) is 57.8 Å². The predicted octanol–water partition coefficient (Wildman–Crippen LogP) is 5.41. The number of carbonyl (C=O) groups is 1. The second-order valence-electron chi connectivity index (χ2n) is 7.04. The van der Waals surface area contributed by atoms with Crippen molar-refractivity contribution >= 4 is 16.9 Å². The summed E-state index contributed by atoms with van der Waals surface area (Å²) in [4.78, 5) is 18.8. The molecule has 0 aliphatic heterocycles. The molecule has 1 unspecified atom stereocenters. The fourth-order valence-corrected chi connectivity index (χ4v) is 3.27. The van der Waals surface area contributed by atoms with Crippen molar-refractivity contribution in [1.82, 2.24) is 15.3 Å². The molecule has 7 heteroatoms. The lowest BCUT2D eigenvalue weighted by Gasteiger charge is -2.20. The van der Waals surface area contributed by atoms with Crippen molar-refractivity contribution in [1.29, 1.82) is 0 Å². The fraction of sp³-hybridized carbons (Fsp3) is 0.130. The zero-order chi connectivity index (χ0) is 21.3. The molecule has 152 valence electrons. The van der Waals surface area contributed by atoms with E-state index in [0.717, 1.165) is 11.1 Å². The molecule has 0 saturated carbocycles. The molecule has 0 bridgehead atoms. The van der Waals surface area contributed by atoms with E-state index in [1.807, 2.05) is 49.4 Å². The number of alkyl halides is 3. The van der Waals surface area contributed by atoms with Crippen molar-refractivity contribution in [2.45, 2.75) is 19.1 Å². The molecule has 0 radical (unpaired) electrons. The van der Waals surface area contributed by atoms with E-state index >= 15 is 0 Å². The zero-order valence-corrected chi connectivity index (χ0v) is 16.0. The second kappa shape index (κ2) is 7.67. The van der Waals surface area contributed by atoms with Crippen LogP contribution in [0.2, 0.25) is 0 Å². The van der Waals surface area contributed by atoms with Crippen LogP contribution in [0.1, 0.15) is 38.9 Å². The Morgan fingerprint density at radius 3 is 2.33 bits per heavy atom. The van der Waals surface area contributed by atoms with Crippen molar-refractivity contribution in [3.8, 4) is 0 Å². The van der Waals surface area contributed by atoms with E-state index in [4.69, 9.17) is 0 Å². The maximum atomic E-state index is 13.0. The van der Waals surface area contributed by atoms with Crippen LogP contribution in [0, 0.1) is 6.92 Å². The standard InChI is InChI=1S/C23H18F3N3O/c1-14-7-9-16(10-8-14)21(30)29-20(15-5-3-2-4-6-15)17-11-12-18-19(13-17)28-22(27-18)23(24,25)26/h2-13,20H,1H3,(H,27,28)(H,29,30). The number of aromatic amines is 1. The van der Waals surface area contributed by atoms with Crippen molar-refractivity contribution in [3.63, 3.8) is 0 Å². The predicted molar refractivity (Wildman–Crippen MR) is 108 cm³/mol. The van der Waals surface area contributed by atoms with Crippen LogP contribution in [0.5, 0.6) is 0 Å². The average Bonchev–Trinajstić information content (AvgIpc) is 3.17. The monoisotopic (exact) mass is 409 g/mol. The van der Waals surface area contributed by atoms with Gasteiger partial charge in [0.2, 0.25) is 5.82 Å². The fourth-order valence-electron chi connectivity index (χ4n) is 3.27. The number of aromatic nitrogens is 2. The second-order valence-corrected chi connectivity index (χ2v) is 7.04. The van der Waals surface area contributed by atoms with Crippen molar-refractivity contribution in [2.24, 2.45) is 0 Å². The van der Waals surface area contributed by atoms with Crippen LogP contribution in [-0.4, -0.2) is 15.9 Å². The number of nitrogens with zero attached hydrogens (tertiary/aromatic N) is 1. The van der Waals surface area contributed by atoms with E-state index in [1.54, 1.807) is 24.3 Å². The third-order valence-electron chi connectivity index (χ3n) is 4.83. The Morgan fingerprint density at radius 1 is 0.967 bits per heavy atom. The molecule has 4 aromatic rings. The van der Waals surface area contributed by atoms with Gasteiger partial charge in [-0.2, -0.15) is 13.2 Å². The summed E-state index contributed by atoms with van der Waals surface area (Å²) in [6.07, 6.45) is -4.56. The van der Waals surface area contributed by atoms with Gasteiger partial charge in [-0.05, 0) is 42.3 Å². The molecule has 0 fully saturated rings. The molecule has 0 aliphatic rings. The first-order chi connectivity index (χ1) is 14.3. The summed E-state index contributed by atoms with van der Waals surface area (Å²) >= 11 is 0. The highest BCUT2D eigenvalue weighted by atomic mass is 19.4. The number of imidazole rings is 1. The van der Waals surface area contributed by atoms with Gasteiger partial charge in [0.25, 0.3) is 5.91 Å². The highest BCUT2D eigenvalue weighted by molar-refractivity contribution is 5.94. The van der Waals surface area contributed by atoms with Gasteiger partial charge in [-0.1, -0.05) is 54.1 Å². The van der Waals surface area contributed by atoms with E-state index in [0.29, 0.717) is 11.1 Å². The SMILES string of the molecule is Cc1ccc(C(=O)NC(c2ccccc2)c2ccc3nc(C(F)(F)F)[nH]c3c2)cc1. The smallest absolute Gasteiger partial charge is 0.341 e. The highest BCUT2D eigenvalue weighted by Gasteiger charge is 2.34. The van der Waals surface area contributed by atoms with Crippen LogP contribution >= 0.6 is 0 Å². The van der Waals surface area contributed by atoms with Gasteiger partial charge < -0.3 is 10.3 Å². The number of hydrogen-bond acceptors (Lipinski definition) is 2. The van der Waals surface area contributed by atoms with Crippen LogP contribution < -0.4 is 5.32 Å². The van der Waals surface area contributed by atoms with Crippen molar-refractivity contribution in [3.05, 3.63) is 101 Å². The van der Waals surface area contributed by atoms with Gasteiger partial charge in [0.05, 0.1) is 17.1 Å². The Balaban J connectivity index is 1.72.